The van der Waals surface area contributed by atoms with Gasteiger partial charge in [-0.3, -0.25) is 0 Å². The van der Waals surface area contributed by atoms with E-state index in [1.54, 1.807) is 0 Å². The first kappa shape index (κ1) is 23.4. The molecule has 0 fully saturated rings. The molecule has 3 aromatic heterocycles. The lowest BCUT2D eigenvalue weighted by Gasteiger charge is -2.33. The number of benzene rings is 7. The number of nitrogens with zero attached hydrogens (tertiary/aromatic N) is 3. The zero-order valence-electron chi connectivity index (χ0n) is 24.8. The van der Waals surface area contributed by atoms with Crippen LogP contribution >= 0.6 is 0 Å². The molecule has 0 radical (unpaired) electrons. The van der Waals surface area contributed by atoms with Gasteiger partial charge in [-0.2, -0.15) is 0 Å². The van der Waals surface area contributed by atoms with Crippen molar-refractivity contribution in [1.82, 2.24) is 13.7 Å². The van der Waals surface area contributed by atoms with Gasteiger partial charge < -0.3 is 13.7 Å². The van der Waals surface area contributed by atoms with Crippen molar-refractivity contribution in [3.63, 3.8) is 0 Å². The summed E-state index contributed by atoms with van der Waals surface area (Å²) in [5, 5.41) is 7.83. The van der Waals surface area contributed by atoms with Crippen molar-refractivity contribution in [3.8, 4) is 17.1 Å². The molecule has 0 aliphatic carbocycles. The topological polar surface area (TPSA) is 14.8 Å². The van der Waals surface area contributed by atoms with Crippen molar-refractivity contribution in [1.29, 1.82) is 0 Å². The van der Waals surface area contributed by atoms with E-state index in [9.17, 15) is 0 Å². The van der Waals surface area contributed by atoms with Crippen LogP contribution in [-0.4, -0.2) is 20.4 Å². The van der Waals surface area contributed by atoms with Gasteiger partial charge in [0.15, 0.2) is 0 Å². The first-order valence-corrected chi connectivity index (χ1v) is 16.1. The molecule has 0 atom stereocenters. The Morgan fingerprint density at radius 2 is 0.870 bits per heavy atom. The summed E-state index contributed by atoms with van der Waals surface area (Å²) < 4.78 is 7.54. The van der Waals surface area contributed by atoms with Crippen LogP contribution in [0.15, 0.2) is 146 Å². The molecule has 0 amide bonds. The maximum Gasteiger partial charge on any atom is 0.252 e. The molecule has 3 nitrogen and oxygen atoms in total. The highest BCUT2D eigenvalue weighted by atomic mass is 15.0. The van der Waals surface area contributed by atoms with Gasteiger partial charge >= 0.3 is 0 Å². The molecule has 210 valence electrons. The third kappa shape index (κ3) is 2.58. The molecule has 4 heteroatoms. The molecule has 0 spiro atoms. The third-order valence-corrected chi connectivity index (χ3v) is 10.8. The SMILES string of the molecule is c1ccc2c(c1)c1ccccc1n2-c1ccc2c(c1)-n1c3ccccc3c3ccc4c(c31)B2c1cccc2c3ccccc3n-4c12. The molecule has 46 heavy (non-hydrogen) atoms. The van der Waals surface area contributed by atoms with E-state index in [2.05, 4.69) is 159 Å². The maximum absolute atomic E-state index is 2.56. The van der Waals surface area contributed by atoms with Gasteiger partial charge in [0.1, 0.15) is 0 Å². The van der Waals surface area contributed by atoms with Crippen molar-refractivity contribution in [2.45, 2.75) is 0 Å². The van der Waals surface area contributed by atoms with Gasteiger partial charge in [0.2, 0.25) is 0 Å². The lowest BCUT2D eigenvalue weighted by Crippen LogP contribution is -2.59. The number of rotatable bonds is 1. The first-order chi connectivity index (χ1) is 22.9. The Morgan fingerprint density at radius 1 is 0.348 bits per heavy atom. The third-order valence-electron chi connectivity index (χ3n) is 10.8. The fourth-order valence-electron chi connectivity index (χ4n) is 9.12. The average molecular weight is 581 g/mol. The van der Waals surface area contributed by atoms with Crippen LogP contribution in [0, 0.1) is 0 Å². The summed E-state index contributed by atoms with van der Waals surface area (Å²) >= 11 is 0. The quantitative estimate of drug-likeness (QED) is 0.174. The van der Waals surface area contributed by atoms with Crippen LogP contribution in [-0.2, 0) is 0 Å². The Hall–Kier alpha value is -6.00. The van der Waals surface area contributed by atoms with E-state index in [-0.39, 0.29) is 6.71 Å². The monoisotopic (exact) mass is 581 g/mol. The molecule has 0 N–H and O–H groups in total. The van der Waals surface area contributed by atoms with E-state index >= 15 is 0 Å². The van der Waals surface area contributed by atoms with Gasteiger partial charge in [0.25, 0.3) is 6.71 Å². The second kappa shape index (κ2) is 7.98. The highest BCUT2D eigenvalue weighted by Crippen LogP contribution is 2.40. The summed E-state index contributed by atoms with van der Waals surface area (Å²) in [6.07, 6.45) is 0. The smallest absolute Gasteiger partial charge is 0.252 e. The standard InChI is InChI=1S/C42H24BN3/c1-5-16-34-26(10-1)27-11-2-6-17-35(27)44(34)25-20-22-32-39(24-25)46-37-19-8-4-13-29(37)31-21-23-38-40(42(31)46)43(32)33-15-9-14-30-28-12-3-7-18-36(28)45(38)41(30)33/h1-24H. The van der Waals surface area contributed by atoms with Crippen LogP contribution in [0.4, 0.5) is 0 Å². The van der Waals surface area contributed by atoms with Crippen LogP contribution in [0.1, 0.15) is 0 Å². The maximum atomic E-state index is 2.56. The van der Waals surface area contributed by atoms with Crippen molar-refractivity contribution < 1.29 is 0 Å². The summed E-state index contributed by atoms with van der Waals surface area (Å²) in [5.41, 5.74) is 15.6. The number of hydrogen-bond donors (Lipinski definition) is 0. The lowest BCUT2D eigenvalue weighted by molar-refractivity contribution is 1.13. The number of aromatic nitrogens is 3. The number of fused-ring (bicyclic) bond motifs is 14. The molecule has 2 aliphatic heterocycles. The minimum atomic E-state index is 0.137. The highest BCUT2D eigenvalue weighted by Gasteiger charge is 2.40. The summed E-state index contributed by atoms with van der Waals surface area (Å²) in [5.74, 6) is 0. The molecule has 0 unspecified atom stereocenters. The van der Waals surface area contributed by atoms with Crippen molar-refractivity contribution in [3.05, 3.63) is 146 Å². The Morgan fingerprint density at radius 3 is 1.52 bits per heavy atom. The van der Waals surface area contributed by atoms with E-state index < -0.39 is 0 Å². The fraction of sp³-hybridized carbons (Fsp3) is 0. The molecule has 10 aromatic rings. The summed E-state index contributed by atoms with van der Waals surface area (Å²) in [4.78, 5) is 0. The Bertz CT molecular complexity index is 2940. The molecule has 5 heterocycles. The minimum Gasteiger partial charge on any atom is -0.310 e. The van der Waals surface area contributed by atoms with Gasteiger partial charge in [0.05, 0.1) is 27.6 Å². The van der Waals surface area contributed by atoms with Crippen LogP contribution in [0.2, 0.25) is 0 Å². The van der Waals surface area contributed by atoms with Crippen LogP contribution in [0.3, 0.4) is 0 Å². The van der Waals surface area contributed by atoms with Gasteiger partial charge in [-0.15, -0.1) is 0 Å². The fourth-order valence-corrected chi connectivity index (χ4v) is 9.12. The molecule has 12 rings (SSSR count). The van der Waals surface area contributed by atoms with E-state index in [0.29, 0.717) is 0 Å². The zero-order chi connectivity index (χ0) is 29.7. The van der Waals surface area contributed by atoms with E-state index in [4.69, 9.17) is 0 Å². The Kier molecular flexibility index (Phi) is 4.06. The Balaban J connectivity index is 1.27. The molecule has 7 aromatic carbocycles. The lowest BCUT2D eigenvalue weighted by atomic mass is 9.34. The van der Waals surface area contributed by atoms with E-state index in [1.165, 1.54) is 98.9 Å². The average Bonchev–Trinajstić information content (AvgIpc) is 3.76. The summed E-state index contributed by atoms with van der Waals surface area (Å²) in [7, 11) is 0. The van der Waals surface area contributed by atoms with Gasteiger partial charge in [-0.05, 0) is 58.9 Å². The number of para-hydroxylation sites is 5. The second-order valence-electron chi connectivity index (χ2n) is 12.9. The van der Waals surface area contributed by atoms with Gasteiger partial charge in [-0.1, -0.05) is 103 Å². The van der Waals surface area contributed by atoms with Crippen LogP contribution in [0.5, 0.6) is 0 Å². The molecule has 0 saturated carbocycles. The predicted octanol–water partition coefficient (Wildman–Crippen LogP) is 8.12. The number of hydrogen-bond acceptors (Lipinski definition) is 0. The second-order valence-corrected chi connectivity index (χ2v) is 12.9. The van der Waals surface area contributed by atoms with Crippen molar-refractivity contribution in [2.24, 2.45) is 0 Å². The zero-order valence-corrected chi connectivity index (χ0v) is 24.8. The van der Waals surface area contributed by atoms with E-state index in [0.717, 1.165) is 0 Å². The van der Waals surface area contributed by atoms with Crippen molar-refractivity contribution in [2.75, 3.05) is 0 Å². The normalized spacial score (nSPS) is 13.2. The molecule has 0 saturated heterocycles. The first-order valence-electron chi connectivity index (χ1n) is 16.1. The van der Waals surface area contributed by atoms with Gasteiger partial charge in [0, 0.05) is 54.9 Å². The van der Waals surface area contributed by atoms with Crippen LogP contribution in [0.25, 0.3) is 82.5 Å². The highest BCUT2D eigenvalue weighted by molar-refractivity contribution is 7.00. The molecule has 0 bridgehead atoms. The van der Waals surface area contributed by atoms with Crippen LogP contribution < -0.4 is 16.4 Å². The molecular formula is C42H24BN3. The largest absolute Gasteiger partial charge is 0.310 e. The minimum absolute atomic E-state index is 0.137. The Labute approximate surface area is 264 Å². The predicted molar refractivity (Wildman–Crippen MR) is 194 cm³/mol. The molecular weight excluding hydrogens is 557 g/mol. The summed E-state index contributed by atoms with van der Waals surface area (Å²) in [6.45, 7) is 0.137. The molecule has 2 aliphatic rings. The van der Waals surface area contributed by atoms with Crippen molar-refractivity contribution >= 4 is 88.5 Å². The van der Waals surface area contributed by atoms with E-state index in [1.807, 2.05) is 0 Å². The van der Waals surface area contributed by atoms with Gasteiger partial charge in [-0.25, -0.2) is 0 Å². The summed E-state index contributed by atoms with van der Waals surface area (Å²) in [6, 6.07) is 54.3.